The fourth-order valence-corrected chi connectivity index (χ4v) is 2.60. The molecule has 0 aliphatic carbocycles. The minimum atomic E-state index is 0.0278. The van der Waals surface area contributed by atoms with Gasteiger partial charge in [-0.3, -0.25) is 4.79 Å². The predicted molar refractivity (Wildman–Crippen MR) is 91.5 cm³/mol. The molecule has 0 fully saturated rings. The van der Waals surface area contributed by atoms with Crippen molar-refractivity contribution in [2.24, 2.45) is 0 Å². The topological polar surface area (TPSA) is 42.0 Å². The highest BCUT2D eigenvalue weighted by molar-refractivity contribution is 6.12. The number of benzene rings is 1. The van der Waals surface area contributed by atoms with Crippen molar-refractivity contribution in [2.45, 2.75) is 46.1 Å². The zero-order valence-electron chi connectivity index (χ0n) is 13.6. The number of anilines is 1. The number of nitrogens with one attached hydrogen (secondary N) is 1. The van der Waals surface area contributed by atoms with E-state index in [1.807, 2.05) is 43.3 Å². The number of hydrogen-bond donors (Lipinski definition) is 1. The highest BCUT2D eigenvalue weighted by atomic mass is 16.1. The molecule has 1 aromatic carbocycles. The third kappa shape index (κ3) is 3.73. The van der Waals surface area contributed by atoms with Crippen LogP contribution in [0, 0.1) is 6.92 Å². The molecule has 1 unspecified atom stereocenters. The number of ketones is 1. The van der Waals surface area contributed by atoms with Crippen LogP contribution >= 0.6 is 0 Å². The van der Waals surface area contributed by atoms with Crippen LogP contribution in [0.2, 0.25) is 0 Å². The summed E-state index contributed by atoms with van der Waals surface area (Å²) in [6.45, 7) is 6.28. The second-order valence-corrected chi connectivity index (χ2v) is 5.58. The molecule has 1 aromatic heterocycles. The lowest BCUT2D eigenvalue weighted by Gasteiger charge is -2.18. The Morgan fingerprint density at radius 1 is 1.14 bits per heavy atom. The molecular formula is C19H24N2O. The van der Waals surface area contributed by atoms with E-state index in [1.165, 1.54) is 0 Å². The van der Waals surface area contributed by atoms with E-state index < -0.39 is 0 Å². The predicted octanol–water partition coefficient (Wildman–Crippen LogP) is 4.61. The van der Waals surface area contributed by atoms with Gasteiger partial charge < -0.3 is 5.32 Å². The Kier molecular flexibility index (Phi) is 5.70. The van der Waals surface area contributed by atoms with Gasteiger partial charge in [0.25, 0.3) is 0 Å². The first-order valence-electron chi connectivity index (χ1n) is 7.99. The van der Waals surface area contributed by atoms with Gasteiger partial charge in [0.2, 0.25) is 0 Å². The molecule has 1 atom stereocenters. The Morgan fingerprint density at radius 2 is 1.86 bits per heavy atom. The SMILES string of the molecule is CCCC(CC)Nc1ncccc1C(=O)c1ccccc1C. The van der Waals surface area contributed by atoms with Crippen molar-refractivity contribution < 1.29 is 4.79 Å². The maximum absolute atomic E-state index is 12.8. The Bertz CT molecular complexity index is 637. The molecule has 0 aliphatic rings. The van der Waals surface area contributed by atoms with E-state index >= 15 is 0 Å². The van der Waals surface area contributed by atoms with Gasteiger partial charge in [0.1, 0.15) is 5.82 Å². The zero-order chi connectivity index (χ0) is 15.9. The second-order valence-electron chi connectivity index (χ2n) is 5.58. The lowest BCUT2D eigenvalue weighted by atomic mass is 9.99. The average molecular weight is 296 g/mol. The summed E-state index contributed by atoms with van der Waals surface area (Å²) in [6, 6.07) is 11.7. The van der Waals surface area contributed by atoms with E-state index in [4.69, 9.17) is 0 Å². The van der Waals surface area contributed by atoms with Gasteiger partial charge in [-0.1, -0.05) is 44.5 Å². The zero-order valence-corrected chi connectivity index (χ0v) is 13.6. The molecule has 116 valence electrons. The first kappa shape index (κ1) is 16.2. The van der Waals surface area contributed by atoms with Crippen molar-refractivity contribution in [3.63, 3.8) is 0 Å². The minimum absolute atomic E-state index is 0.0278. The number of rotatable bonds is 7. The van der Waals surface area contributed by atoms with Gasteiger partial charge in [-0.15, -0.1) is 0 Å². The molecule has 0 spiro atoms. The van der Waals surface area contributed by atoms with Crippen molar-refractivity contribution in [1.29, 1.82) is 0 Å². The summed E-state index contributed by atoms with van der Waals surface area (Å²) < 4.78 is 0. The van der Waals surface area contributed by atoms with Crippen LogP contribution < -0.4 is 5.32 Å². The summed E-state index contributed by atoms with van der Waals surface area (Å²) in [5, 5.41) is 3.44. The van der Waals surface area contributed by atoms with Crippen LogP contribution in [0.15, 0.2) is 42.6 Å². The molecule has 3 nitrogen and oxygen atoms in total. The molecule has 2 rings (SSSR count). The van der Waals surface area contributed by atoms with E-state index in [0.717, 1.165) is 30.4 Å². The standard InChI is InChI=1S/C19H24N2O/c1-4-9-15(5-2)21-19-17(12-8-13-20-19)18(22)16-11-7-6-10-14(16)3/h6-8,10-13,15H,4-5,9H2,1-3H3,(H,20,21). The molecule has 1 heterocycles. The van der Waals surface area contributed by atoms with E-state index in [2.05, 4.69) is 24.1 Å². The molecule has 0 amide bonds. The average Bonchev–Trinajstić information content (AvgIpc) is 2.54. The van der Waals surface area contributed by atoms with Crippen LogP contribution in [0.1, 0.15) is 54.6 Å². The Balaban J connectivity index is 2.32. The van der Waals surface area contributed by atoms with Gasteiger partial charge in [-0.25, -0.2) is 4.98 Å². The third-order valence-corrected chi connectivity index (χ3v) is 3.91. The first-order chi connectivity index (χ1) is 10.7. The Hall–Kier alpha value is -2.16. The van der Waals surface area contributed by atoms with Gasteiger partial charge >= 0.3 is 0 Å². The maximum Gasteiger partial charge on any atom is 0.197 e. The van der Waals surface area contributed by atoms with E-state index in [9.17, 15) is 4.79 Å². The second kappa shape index (κ2) is 7.74. The Morgan fingerprint density at radius 3 is 2.55 bits per heavy atom. The van der Waals surface area contributed by atoms with Crippen molar-refractivity contribution >= 4 is 11.6 Å². The van der Waals surface area contributed by atoms with E-state index in [1.54, 1.807) is 6.20 Å². The van der Waals surface area contributed by atoms with Gasteiger partial charge in [0, 0.05) is 17.8 Å². The quantitative estimate of drug-likeness (QED) is 0.758. The number of aromatic nitrogens is 1. The summed E-state index contributed by atoms with van der Waals surface area (Å²) in [5.41, 5.74) is 2.37. The third-order valence-electron chi connectivity index (χ3n) is 3.91. The molecule has 22 heavy (non-hydrogen) atoms. The van der Waals surface area contributed by atoms with Crippen LogP contribution in [0.25, 0.3) is 0 Å². The van der Waals surface area contributed by atoms with Gasteiger partial charge in [-0.05, 0) is 37.5 Å². The number of aryl methyl sites for hydroxylation is 1. The number of carbonyl (C=O) groups is 1. The van der Waals surface area contributed by atoms with Gasteiger partial charge in [0.15, 0.2) is 5.78 Å². The van der Waals surface area contributed by atoms with Crippen molar-refractivity contribution in [2.75, 3.05) is 5.32 Å². The molecule has 0 bridgehead atoms. The van der Waals surface area contributed by atoms with Crippen LogP contribution in [-0.4, -0.2) is 16.8 Å². The number of carbonyl (C=O) groups excluding carboxylic acids is 1. The van der Waals surface area contributed by atoms with Crippen LogP contribution in [-0.2, 0) is 0 Å². The molecule has 0 radical (unpaired) electrons. The van der Waals surface area contributed by atoms with Crippen molar-refractivity contribution in [3.05, 3.63) is 59.3 Å². The summed E-state index contributed by atoms with van der Waals surface area (Å²) in [5.74, 6) is 0.719. The number of nitrogens with zero attached hydrogens (tertiary/aromatic N) is 1. The molecular weight excluding hydrogens is 272 g/mol. The first-order valence-corrected chi connectivity index (χ1v) is 7.99. The maximum atomic E-state index is 12.8. The van der Waals surface area contributed by atoms with Crippen LogP contribution in [0.5, 0.6) is 0 Å². The molecule has 0 saturated heterocycles. The Labute approximate surface area is 132 Å². The van der Waals surface area contributed by atoms with Gasteiger partial charge in [0.05, 0.1) is 5.56 Å². The summed E-state index contributed by atoms with van der Waals surface area (Å²) in [7, 11) is 0. The molecule has 1 N–H and O–H groups in total. The summed E-state index contributed by atoms with van der Waals surface area (Å²) in [6.07, 6.45) is 4.93. The van der Waals surface area contributed by atoms with Crippen LogP contribution in [0.3, 0.4) is 0 Å². The fourth-order valence-electron chi connectivity index (χ4n) is 2.60. The van der Waals surface area contributed by atoms with Crippen LogP contribution in [0.4, 0.5) is 5.82 Å². The summed E-state index contributed by atoms with van der Waals surface area (Å²) in [4.78, 5) is 17.2. The van der Waals surface area contributed by atoms with Crippen molar-refractivity contribution in [1.82, 2.24) is 4.98 Å². The highest BCUT2D eigenvalue weighted by Gasteiger charge is 2.17. The largest absolute Gasteiger partial charge is 0.367 e. The molecule has 2 aromatic rings. The molecule has 3 heteroatoms. The summed E-state index contributed by atoms with van der Waals surface area (Å²) >= 11 is 0. The lowest BCUT2D eigenvalue weighted by Crippen LogP contribution is -2.21. The molecule has 0 aliphatic heterocycles. The smallest absolute Gasteiger partial charge is 0.197 e. The lowest BCUT2D eigenvalue weighted by molar-refractivity contribution is 0.103. The minimum Gasteiger partial charge on any atom is -0.367 e. The molecule has 0 saturated carbocycles. The van der Waals surface area contributed by atoms with E-state index in [-0.39, 0.29) is 5.78 Å². The van der Waals surface area contributed by atoms with Crippen molar-refractivity contribution in [3.8, 4) is 0 Å². The highest BCUT2D eigenvalue weighted by Crippen LogP contribution is 2.21. The normalized spacial score (nSPS) is 12.0. The monoisotopic (exact) mass is 296 g/mol. The fraction of sp³-hybridized carbons (Fsp3) is 0.368. The number of hydrogen-bond acceptors (Lipinski definition) is 3. The van der Waals surface area contributed by atoms with Gasteiger partial charge in [-0.2, -0.15) is 0 Å². The van der Waals surface area contributed by atoms with E-state index in [0.29, 0.717) is 17.4 Å². The number of pyridine rings is 1.